The summed E-state index contributed by atoms with van der Waals surface area (Å²) in [6.45, 7) is -0.129. The number of benzene rings is 1. The summed E-state index contributed by atoms with van der Waals surface area (Å²) in [5, 5.41) is 12.8. The molecule has 1 N–H and O–H groups in total. The standard InChI is InChI=1S/C15H13FN2O4S3/c16-10-1-3-13(4-2-10)22-6-14-17-12(8-23-14)9-25(20,21)15-18-11(5-19)7-24-15/h1-4,7-8,19H,5-6,9H2. The summed E-state index contributed by atoms with van der Waals surface area (Å²) < 4.78 is 42.9. The van der Waals surface area contributed by atoms with Crippen LogP contribution in [-0.4, -0.2) is 23.5 Å². The number of nitrogens with zero attached hydrogens (tertiary/aromatic N) is 2. The SMILES string of the molecule is O=S(=O)(Cc1csc(COc2ccc(F)cc2)n1)c1nc(CO)cs1. The molecule has 0 amide bonds. The Bertz CT molecular complexity index is 951. The highest BCUT2D eigenvalue weighted by atomic mass is 32.2. The van der Waals surface area contributed by atoms with E-state index in [-0.39, 0.29) is 29.1 Å². The zero-order chi connectivity index (χ0) is 17.9. The van der Waals surface area contributed by atoms with Crippen LogP contribution in [0.25, 0.3) is 0 Å². The largest absolute Gasteiger partial charge is 0.486 e. The van der Waals surface area contributed by atoms with Crippen molar-refractivity contribution in [3.63, 3.8) is 0 Å². The molecule has 0 spiro atoms. The molecule has 0 saturated carbocycles. The van der Waals surface area contributed by atoms with Crippen molar-refractivity contribution in [2.24, 2.45) is 0 Å². The van der Waals surface area contributed by atoms with E-state index in [0.717, 1.165) is 11.3 Å². The summed E-state index contributed by atoms with van der Waals surface area (Å²) in [4.78, 5) is 8.14. The van der Waals surface area contributed by atoms with Gasteiger partial charge in [0.1, 0.15) is 28.9 Å². The van der Waals surface area contributed by atoms with Crippen molar-refractivity contribution in [3.05, 3.63) is 57.2 Å². The second kappa shape index (κ2) is 7.56. The average Bonchev–Trinajstić information content (AvgIpc) is 3.23. The number of hydrogen-bond donors (Lipinski definition) is 1. The van der Waals surface area contributed by atoms with Crippen molar-refractivity contribution in [2.45, 2.75) is 23.3 Å². The third-order valence-electron chi connectivity index (χ3n) is 3.07. The van der Waals surface area contributed by atoms with Crippen LogP contribution in [0.1, 0.15) is 16.4 Å². The van der Waals surface area contributed by atoms with E-state index in [1.807, 2.05) is 0 Å². The molecule has 6 nitrogen and oxygen atoms in total. The number of sulfone groups is 1. The molecule has 25 heavy (non-hydrogen) atoms. The summed E-state index contributed by atoms with van der Waals surface area (Å²) in [6.07, 6.45) is 0. The Hall–Kier alpha value is -1.88. The van der Waals surface area contributed by atoms with Gasteiger partial charge in [0.2, 0.25) is 14.2 Å². The van der Waals surface area contributed by atoms with E-state index in [4.69, 9.17) is 9.84 Å². The molecule has 1 aromatic carbocycles. The van der Waals surface area contributed by atoms with Gasteiger partial charge in [-0.15, -0.1) is 22.7 Å². The van der Waals surface area contributed by atoms with Crippen molar-refractivity contribution in [2.75, 3.05) is 0 Å². The molecule has 0 aliphatic carbocycles. The molecule has 0 saturated heterocycles. The molecule has 0 radical (unpaired) electrons. The van der Waals surface area contributed by atoms with Crippen molar-refractivity contribution in [1.29, 1.82) is 0 Å². The summed E-state index contributed by atoms with van der Waals surface area (Å²) >= 11 is 2.26. The van der Waals surface area contributed by atoms with Crippen LogP contribution in [0.2, 0.25) is 0 Å². The van der Waals surface area contributed by atoms with Crippen LogP contribution >= 0.6 is 22.7 Å². The van der Waals surface area contributed by atoms with Gasteiger partial charge in [0, 0.05) is 10.8 Å². The van der Waals surface area contributed by atoms with Crippen LogP contribution in [-0.2, 0) is 28.8 Å². The number of ether oxygens (including phenoxy) is 1. The normalized spacial score (nSPS) is 11.6. The van der Waals surface area contributed by atoms with Gasteiger partial charge in [-0.2, -0.15) is 0 Å². The summed E-state index contributed by atoms with van der Waals surface area (Å²) in [5.41, 5.74) is 0.735. The predicted octanol–water partition coefficient (Wildman–Crippen LogP) is 2.78. The topological polar surface area (TPSA) is 89.4 Å². The first-order valence-corrected chi connectivity index (χ1v) is 10.5. The number of aromatic nitrogens is 2. The highest BCUT2D eigenvalue weighted by Gasteiger charge is 2.21. The predicted molar refractivity (Wildman–Crippen MR) is 91.8 cm³/mol. The van der Waals surface area contributed by atoms with Crippen LogP contribution in [0, 0.1) is 5.82 Å². The fraction of sp³-hybridized carbons (Fsp3) is 0.200. The van der Waals surface area contributed by atoms with E-state index in [9.17, 15) is 12.8 Å². The van der Waals surface area contributed by atoms with Gasteiger partial charge in [-0.3, -0.25) is 0 Å². The van der Waals surface area contributed by atoms with Crippen LogP contribution in [0.15, 0.2) is 39.4 Å². The first-order chi connectivity index (χ1) is 12.0. The highest BCUT2D eigenvalue weighted by Crippen LogP contribution is 2.22. The number of hydrogen-bond acceptors (Lipinski definition) is 8. The van der Waals surface area contributed by atoms with Crippen LogP contribution in [0.4, 0.5) is 4.39 Å². The maximum atomic E-state index is 12.8. The molecule has 0 unspecified atom stereocenters. The Morgan fingerprint density at radius 2 is 1.80 bits per heavy atom. The fourth-order valence-corrected chi connectivity index (χ4v) is 5.09. The smallest absolute Gasteiger partial charge is 0.211 e. The molecule has 10 heteroatoms. The number of aliphatic hydroxyl groups is 1. The molecule has 3 rings (SSSR count). The van der Waals surface area contributed by atoms with E-state index in [1.54, 1.807) is 5.38 Å². The van der Waals surface area contributed by atoms with Crippen molar-refractivity contribution in [3.8, 4) is 5.75 Å². The molecular formula is C15H13FN2O4S3. The second-order valence-corrected chi connectivity index (χ2v) is 8.96. The van der Waals surface area contributed by atoms with E-state index >= 15 is 0 Å². The van der Waals surface area contributed by atoms with Gasteiger partial charge in [-0.1, -0.05) is 0 Å². The zero-order valence-electron chi connectivity index (χ0n) is 12.8. The maximum Gasteiger partial charge on any atom is 0.211 e. The minimum absolute atomic E-state index is 0.0336. The molecule has 0 fully saturated rings. The number of rotatable bonds is 7. The lowest BCUT2D eigenvalue weighted by atomic mass is 10.3. The van der Waals surface area contributed by atoms with Gasteiger partial charge in [0.25, 0.3) is 0 Å². The van der Waals surface area contributed by atoms with Crippen molar-refractivity contribution in [1.82, 2.24) is 9.97 Å². The summed E-state index contributed by atoms with van der Waals surface area (Å²) in [7, 11) is -3.60. The first kappa shape index (κ1) is 17.9. The van der Waals surface area contributed by atoms with Gasteiger partial charge in [-0.25, -0.2) is 22.8 Å². The number of aliphatic hydroxyl groups excluding tert-OH is 1. The number of halogens is 1. The van der Waals surface area contributed by atoms with Gasteiger partial charge in [0.15, 0.2) is 0 Å². The molecule has 0 aliphatic rings. The maximum absolute atomic E-state index is 12.8. The van der Waals surface area contributed by atoms with Gasteiger partial charge in [-0.05, 0) is 24.3 Å². The van der Waals surface area contributed by atoms with E-state index in [2.05, 4.69) is 9.97 Å². The average molecular weight is 400 g/mol. The zero-order valence-corrected chi connectivity index (χ0v) is 15.2. The van der Waals surface area contributed by atoms with Gasteiger partial charge in [0.05, 0.1) is 18.0 Å². The van der Waals surface area contributed by atoms with Crippen molar-refractivity contribution >= 4 is 32.5 Å². The Morgan fingerprint density at radius 1 is 1.08 bits per heavy atom. The lowest BCUT2D eigenvalue weighted by Crippen LogP contribution is -2.05. The molecular weight excluding hydrogens is 387 g/mol. The Labute approximate surface area is 151 Å². The summed E-state index contributed by atoms with van der Waals surface area (Å²) in [6, 6.07) is 5.61. The Balaban J connectivity index is 1.63. The second-order valence-electron chi connectivity index (χ2n) is 5.00. The molecule has 2 heterocycles. The molecule has 0 bridgehead atoms. The Morgan fingerprint density at radius 3 is 2.48 bits per heavy atom. The third-order valence-corrected chi connectivity index (χ3v) is 6.98. The van der Waals surface area contributed by atoms with E-state index in [1.165, 1.54) is 41.0 Å². The van der Waals surface area contributed by atoms with Crippen LogP contribution in [0.5, 0.6) is 5.75 Å². The molecule has 3 aromatic rings. The highest BCUT2D eigenvalue weighted by molar-refractivity contribution is 7.92. The first-order valence-electron chi connectivity index (χ1n) is 7.06. The van der Waals surface area contributed by atoms with Crippen LogP contribution in [0.3, 0.4) is 0 Å². The summed E-state index contributed by atoms with van der Waals surface area (Å²) in [5.74, 6) is -0.107. The van der Waals surface area contributed by atoms with Gasteiger partial charge >= 0.3 is 0 Å². The van der Waals surface area contributed by atoms with Crippen LogP contribution < -0.4 is 4.74 Å². The quantitative estimate of drug-likeness (QED) is 0.656. The molecule has 0 aliphatic heterocycles. The molecule has 0 atom stereocenters. The van der Waals surface area contributed by atoms with Crippen molar-refractivity contribution < 1.29 is 22.7 Å². The molecule has 2 aromatic heterocycles. The third kappa shape index (κ3) is 4.60. The van der Waals surface area contributed by atoms with E-state index < -0.39 is 9.84 Å². The lowest BCUT2D eigenvalue weighted by molar-refractivity contribution is 0.277. The monoisotopic (exact) mass is 400 g/mol. The number of thiazole rings is 2. The van der Waals surface area contributed by atoms with Gasteiger partial charge < -0.3 is 9.84 Å². The molecule has 132 valence electrons. The minimum Gasteiger partial charge on any atom is -0.486 e. The minimum atomic E-state index is -3.60. The lowest BCUT2D eigenvalue weighted by Gasteiger charge is -2.03. The Kier molecular flexibility index (Phi) is 5.42. The fourth-order valence-electron chi connectivity index (χ4n) is 1.92. The van der Waals surface area contributed by atoms with E-state index in [0.29, 0.717) is 22.1 Å².